The van der Waals surface area contributed by atoms with Crippen LogP contribution in [-0.2, 0) is 6.61 Å². The zero-order chi connectivity index (χ0) is 14.0. The first-order valence-electron chi connectivity index (χ1n) is 7.07. The molecule has 3 nitrogen and oxygen atoms in total. The molecule has 3 heteroatoms. The smallest absolute Gasteiger partial charge is 0.0681 e. The van der Waals surface area contributed by atoms with E-state index >= 15 is 0 Å². The molecule has 1 fully saturated rings. The van der Waals surface area contributed by atoms with Crippen molar-refractivity contribution in [2.45, 2.75) is 38.3 Å². The van der Waals surface area contributed by atoms with Crippen molar-refractivity contribution in [3.8, 4) is 0 Å². The number of hydrogen-bond acceptors (Lipinski definition) is 3. The maximum atomic E-state index is 9.18. The number of aliphatic hydroxyl groups is 1. The molecule has 0 saturated heterocycles. The highest BCUT2D eigenvalue weighted by Gasteiger charge is 2.40. The fourth-order valence-electron chi connectivity index (χ4n) is 3.10. The molecular weight excluding hydrogens is 236 g/mol. The van der Waals surface area contributed by atoms with Crippen LogP contribution < -0.4 is 4.90 Å². The van der Waals surface area contributed by atoms with Crippen molar-refractivity contribution in [3.05, 3.63) is 29.3 Å². The number of benzene rings is 1. The third-order valence-corrected chi connectivity index (χ3v) is 4.62. The first-order chi connectivity index (χ1) is 8.98. The summed E-state index contributed by atoms with van der Waals surface area (Å²) in [6.45, 7) is 3.31. The molecule has 0 unspecified atom stereocenters. The van der Waals surface area contributed by atoms with Gasteiger partial charge in [-0.1, -0.05) is 12.1 Å². The Hall–Kier alpha value is -1.06. The highest BCUT2D eigenvalue weighted by Crippen LogP contribution is 2.37. The fraction of sp³-hybridized carbons (Fsp3) is 0.625. The van der Waals surface area contributed by atoms with Crippen molar-refractivity contribution >= 4 is 5.69 Å². The minimum absolute atomic E-state index is 0.118. The monoisotopic (exact) mass is 262 g/mol. The van der Waals surface area contributed by atoms with E-state index in [2.05, 4.69) is 50.0 Å². The van der Waals surface area contributed by atoms with Gasteiger partial charge in [0.1, 0.15) is 0 Å². The predicted octanol–water partition coefficient (Wildman–Crippen LogP) is 2.41. The fourth-order valence-corrected chi connectivity index (χ4v) is 3.10. The topological polar surface area (TPSA) is 26.7 Å². The molecule has 2 rings (SSSR count). The summed E-state index contributed by atoms with van der Waals surface area (Å²) in [4.78, 5) is 4.74. The standard InChI is InChI=1S/C16H26N2O/c1-13-10-14(11-19)6-7-15(13)18(4)12-16(17(2)3)8-5-9-16/h6-7,10,19H,5,8-9,11-12H2,1-4H3. The zero-order valence-electron chi connectivity index (χ0n) is 12.6. The van der Waals surface area contributed by atoms with Crippen LogP contribution in [0.3, 0.4) is 0 Å². The summed E-state index contributed by atoms with van der Waals surface area (Å²) in [5.74, 6) is 0. The Bertz CT molecular complexity index is 438. The highest BCUT2D eigenvalue weighted by molar-refractivity contribution is 5.54. The van der Waals surface area contributed by atoms with Crippen molar-refractivity contribution in [2.24, 2.45) is 0 Å². The number of likely N-dealkylation sites (N-methyl/N-ethyl adjacent to an activating group) is 2. The molecule has 1 saturated carbocycles. The second-order valence-corrected chi connectivity index (χ2v) is 6.11. The van der Waals surface area contributed by atoms with E-state index in [0.717, 1.165) is 12.1 Å². The van der Waals surface area contributed by atoms with Crippen molar-refractivity contribution in [1.82, 2.24) is 4.90 Å². The molecule has 1 aliphatic carbocycles. The summed E-state index contributed by atoms with van der Waals surface area (Å²) >= 11 is 0. The van der Waals surface area contributed by atoms with Crippen LogP contribution in [-0.4, -0.2) is 43.2 Å². The van der Waals surface area contributed by atoms with E-state index < -0.39 is 0 Å². The molecule has 1 aliphatic rings. The lowest BCUT2D eigenvalue weighted by molar-refractivity contribution is 0.0683. The van der Waals surface area contributed by atoms with Crippen molar-refractivity contribution in [2.75, 3.05) is 32.6 Å². The average Bonchev–Trinajstić information content (AvgIpc) is 2.32. The van der Waals surface area contributed by atoms with Gasteiger partial charge >= 0.3 is 0 Å². The van der Waals surface area contributed by atoms with Gasteiger partial charge < -0.3 is 14.9 Å². The van der Waals surface area contributed by atoms with Gasteiger partial charge in [-0.3, -0.25) is 0 Å². The predicted molar refractivity (Wildman–Crippen MR) is 80.6 cm³/mol. The van der Waals surface area contributed by atoms with E-state index in [1.807, 2.05) is 6.07 Å². The number of nitrogens with zero attached hydrogens (tertiary/aromatic N) is 2. The summed E-state index contributed by atoms with van der Waals surface area (Å²) in [7, 11) is 6.55. The first-order valence-corrected chi connectivity index (χ1v) is 7.07. The van der Waals surface area contributed by atoms with Gasteiger partial charge in [0, 0.05) is 24.8 Å². The van der Waals surface area contributed by atoms with E-state index in [9.17, 15) is 5.11 Å². The summed E-state index contributed by atoms with van der Waals surface area (Å²) in [6, 6.07) is 6.22. The van der Waals surface area contributed by atoms with Crippen LogP contribution in [0.15, 0.2) is 18.2 Å². The summed E-state index contributed by atoms with van der Waals surface area (Å²) in [5, 5.41) is 9.18. The lowest BCUT2D eigenvalue weighted by Gasteiger charge is -2.49. The molecule has 0 radical (unpaired) electrons. The Morgan fingerprint density at radius 1 is 1.21 bits per heavy atom. The lowest BCUT2D eigenvalue weighted by atomic mass is 9.75. The average molecular weight is 262 g/mol. The van der Waals surface area contributed by atoms with E-state index in [1.165, 1.54) is 30.5 Å². The molecule has 0 bridgehead atoms. The Balaban J connectivity index is 2.13. The molecule has 0 amide bonds. The normalized spacial score (nSPS) is 17.4. The molecule has 0 heterocycles. The lowest BCUT2D eigenvalue weighted by Crippen LogP contribution is -2.56. The number of hydrogen-bond donors (Lipinski definition) is 1. The van der Waals surface area contributed by atoms with Gasteiger partial charge in [-0.05, 0) is 57.5 Å². The van der Waals surface area contributed by atoms with Crippen LogP contribution in [0.5, 0.6) is 0 Å². The van der Waals surface area contributed by atoms with Crippen LogP contribution in [0, 0.1) is 6.92 Å². The van der Waals surface area contributed by atoms with E-state index in [-0.39, 0.29) is 6.61 Å². The van der Waals surface area contributed by atoms with Gasteiger partial charge in [0.2, 0.25) is 0 Å². The van der Waals surface area contributed by atoms with Crippen LogP contribution in [0.25, 0.3) is 0 Å². The number of aryl methyl sites for hydroxylation is 1. The van der Waals surface area contributed by atoms with Gasteiger partial charge in [0.25, 0.3) is 0 Å². The van der Waals surface area contributed by atoms with Crippen LogP contribution in [0.2, 0.25) is 0 Å². The molecule has 19 heavy (non-hydrogen) atoms. The van der Waals surface area contributed by atoms with Crippen LogP contribution in [0.4, 0.5) is 5.69 Å². The van der Waals surface area contributed by atoms with Crippen molar-refractivity contribution < 1.29 is 5.11 Å². The Morgan fingerprint density at radius 3 is 2.32 bits per heavy atom. The van der Waals surface area contributed by atoms with E-state index in [1.54, 1.807) is 0 Å². The quantitative estimate of drug-likeness (QED) is 0.883. The minimum Gasteiger partial charge on any atom is -0.392 e. The maximum Gasteiger partial charge on any atom is 0.0681 e. The van der Waals surface area contributed by atoms with Crippen molar-refractivity contribution in [1.29, 1.82) is 0 Å². The molecule has 1 aromatic rings. The van der Waals surface area contributed by atoms with Gasteiger partial charge in [0.15, 0.2) is 0 Å². The van der Waals surface area contributed by atoms with Crippen LogP contribution >= 0.6 is 0 Å². The van der Waals surface area contributed by atoms with Crippen molar-refractivity contribution in [3.63, 3.8) is 0 Å². The number of rotatable bonds is 5. The van der Waals surface area contributed by atoms with Gasteiger partial charge in [-0.25, -0.2) is 0 Å². The zero-order valence-corrected chi connectivity index (χ0v) is 12.6. The SMILES string of the molecule is Cc1cc(CO)ccc1N(C)CC1(N(C)C)CCC1. The maximum absolute atomic E-state index is 9.18. The third kappa shape index (κ3) is 2.77. The minimum atomic E-state index is 0.118. The molecular formula is C16H26N2O. The Morgan fingerprint density at radius 2 is 1.89 bits per heavy atom. The van der Waals surface area contributed by atoms with Gasteiger partial charge in [-0.2, -0.15) is 0 Å². The molecule has 1 aromatic carbocycles. The molecule has 0 aliphatic heterocycles. The largest absolute Gasteiger partial charge is 0.392 e. The second-order valence-electron chi connectivity index (χ2n) is 6.11. The number of anilines is 1. The van der Waals surface area contributed by atoms with Gasteiger partial charge in [-0.15, -0.1) is 0 Å². The summed E-state index contributed by atoms with van der Waals surface area (Å²) in [6.07, 6.45) is 3.92. The molecule has 106 valence electrons. The molecule has 0 spiro atoms. The Labute approximate surface area is 116 Å². The highest BCUT2D eigenvalue weighted by atomic mass is 16.3. The molecule has 0 atom stereocenters. The molecule has 1 N–H and O–H groups in total. The summed E-state index contributed by atoms with van der Waals surface area (Å²) in [5.41, 5.74) is 3.84. The molecule has 0 aromatic heterocycles. The van der Waals surface area contributed by atoms with E-state index in [0.29, 0.717) is 5.54 Å². The third-order valence-electron chi connectivity index (χ3n) is 4.62. The summed E-state index contributed by atoms with van der Waals surface area (Å²) < 4.78 is 0. The second kappa shape index (κ2) is 5.51. The number of aliphatic hydroxyl groups excluding tert-OH is 1. The van der Waals surface area contributed by atoms with E-state index in [4.69, 9.17) is 0 Å². The first kappa shape index (κ1) is 14.4. The van der Waals surface area contributed by atoms with Crippen LogP contribution in [0.1, 0.15) is 30.4 Å². The Kier molecular flexibility index (Phi) is 4.16. The van der Waals surface area contributed by atoms with Gasteiger partial charge in [0.05, 0.1) is 6.61 Å².